The van der Waals surface area contributed by atoms with E-state index in [1.165, 1.54) is 5.69 Å². The molecular formula is C18H27NO. The van der Waals surface area contributed by atoms with E-state index >= 15 is 0 Å². The molecule has 1 aliphatic heterocycles. The molecule has 0 aromatic heterocycles. The summed E-state index contributed by atoms with van der Waals surface area (Å²) in [7, 11) is 0. The van der Waals surface area contributed by atoms with E-state index in [2.05, 4.69) is 43.9 Å². The molecule has 0 radical (unpaired) electrons. The number of benzene rings is 1. The van der Waals surface area contributed by atoms with Crippen LogP contribution in [0.15, 0.2) is 35.9 Å². The molecule has 110 valence electrons. The van der Waals surface area contributed by atoms with E-state index in [-0.39, 0.29) is 6.10 Å². The Bertz CT molecular complexity index is 467. The number of anilines is 1. The van der Waals surface area contributed by atoms with Gasteiger partial charge < -0.3 is 10.0 Å². The Morgan fingerprint density at radius 1 is 1.20 bits per heavy atom. The van der Waals surface area contributed by atoms with E-state index < -0.39 is 0 Å². The van der Waals surface area contributed by atoms with Crippen LogP contribution in [0.5, 0.6) is 0 Å². The summed E-state index contributed by atoms with van der Waals surface area (Å²) in [6.07, 6.45) is 3.94. The molecule has 0 unspecified atom stereocenters. The van der Waals surface area contributed by atoms with E-state index in [1.54, 1.807) is 5.57 Å². The first-order valence-electron chi connectivity index (χ1n) is 7.64. The number of nitrogens with zero attached hydrogens (tertiary/aromatic N) is 1. The van der Waals surface area contributed by atoms with Crippen molar-refractivity contribution in [1.29, 1.82) is 0 Å². The number of hydrogen-bond acceptors (Lipinski definition) is 2. The van der Waals surface area contributed by atoms with Crippen LogP contribution in [-0.2, 0) is 0 Å². The number of aliphatic hydroxyl groups excluding tert-OH is 1. The van der Waals surface area contributed by atoms with Gasteiger partial charge in [0.05, 0.1) is 6.10 Å². The third-order valence-electron chi connectivity index (χ3n) is 4.20. The molecule has 0 aliphatic carbocycles. The van der Waals surface area contributed by atoms with Crippen LogP contribution >= 0.6 is 0 Å². The van der Waals surface area contributed by atoms with Crippen molar-refractivity contribution < 1.29 is 5.11 Å². The minimum Gasteiger partial charge on any atom is -0.388 e. The molecule has 0 bridgehead atoms. The minimum absolute atomic E-state index is 0.293. The van der Waals surface area contributed by atoms with Gasteiger partial charge in [-0.05, 0) is 36.0 Å². The molecule has 0 fully saturated rings. The van der Waals surface area contributed by atoms with E-state index in [0.29, 0.717) is 5.41 Å². The van der Waals surface area contributed by atoms with Crippen molar-refractivity contribution in [1.82, 2.24) is 0 Å². The molecule has 0 amide bonds. The van der Waals surface area contributed by atoms with Crippen LogP contribution in [0.1, 0.15) is 52.2 Å². The largest absolute Gasteiger partial charge is 0.388 e. The van der Waals surface area contributed by atoms with E-state index in [9.17, 15) is 5.11 Å². The lowest BCUT2D eigenvalue weighted by Crippen LogP contribution is -2.31. The molecular weight excluding hydrogens is 246 g/mol. The summed E-state index contributed by atoms with van der Waals surface area (Å²) in [4.78, 5) is 2.40. The minimum atomic E-state index is -0.335. The van der Waals surface area contributed by atoms with Crippen molar-refractivity contribution in [3.63, 3.8) is 0 Å². The summed E-state index contributed by atoms with van der Waals surface area (Å²) in [5, 5.41) is 9.83. The molecule has 1 N–H and O–H groups in total. The zero-order chi connectivity index (χ0) is 14.8. The Morgan fingerprint density at radius 2 is 1.85 bits per heavy atom. The highest BCUT2D eigenvalue weighted by atomic mass is 16.3. The van der Waals surface area contributed by atoms with Gasteiger partial charge in [0.2, 0.25) is 0 Å². The smallest absolute Gasteiger partial charge is 0.0787 e. The standard InChI is InChI=1S/C18H27NO/c1-5-17(20)14-6-8-16(9-7-14)19-12-10-15(11-13-19)18(2,3)4/h6-10,17,20H,5,11-13H2,1-4H3/t17-/m1/s1. The molecule has 2 rings (SSSR count). The Labute approximate surface area is 123 Å². The topological polar surface area (TPSA) is 23.5 Å². The predicted octanol–water partition coefficient (Wildman–Crippen LogP) is 4.31. The third-order valence-corrected chi connectivity index (χ3v) is 4.20. The van der Waals surface area contributed by atoms with Gasteiger partial charge >= 0.3 is 0 Å². The van der Waals surface area contributed by atoms with E-state index in [0.717, 1.165) is 31.5 Å². The van der Waals surface area contributed by atoms with E-state index in [4.69, 9.17) is 0 Å². The van der Waals surface area contributed by atoms with Gasteiger partial charge in [0.15, 0.2) is 0 Å². The second-order valence-corrected chi connectivity index (χ2v) is 6.69. The second kappa shape index (κ2) is 6.01. The van der Waals surface area contributed by atoms with Gasteiger partial charge in [0.25, 0.3) is 0 Å². The summed E-state index contributed by atoms with van der Waals surface area (Å²) in [6, 6.07) is 8.35. The Balaban J connectivity index is 2.06. The Morgan fingerprint density at radius 3 is 2.30 bits per heavy atom. The summed E-state index contributed by atoms with van der Waals surface area (Å²) in [5.41, 5.74) is 4.12. The fraction of sp³-hybridized carbons (Fsp3) is 0.556. The number of rotatable bonds is 3. The van der Waals surface area contributed by atoms with Crippen LogP contribution in [0.4, 0.5) is 5.69 Å². The molecule has 0 saturated carbocycles. The fourth-order valence-electron chi connectivity index (χ4n) is 2.73. The lowest BCUT2D eigenvalue weighted by Gasteiger charge is -2.33. The molecule has 20 heavy (non-hydrogen) atoms. The Hall–Kier alpha value is -1.28. The van der Waals surface area contributed by atoms with Gasteiger partial charge in [-0.3, -0.25) is 0 Å². The highest BCUT2D eigenvalue weighted by Gasteiger charge is 2.21. The molecule has 2 heteroatoms. The van der Waals surface area contributed by atoms with Crippen LogP contribution in [0.2, 0.25) is 0 Å². The first-order valence-corrected chi connectivity index (χ1v) is 7.64. The quantitative estimate of drug-likeness (QED) is 0.829. The lowest BCUT2D eigenvalue weighted by atomic mass is 9.83. The second-order valence-electron chi connectivity index (χ2n) is 6.69. The van der Waals surface area contributed by atoms with Crippen molar-refractivity contribution in [2.24, 2.45) is 5.41 Å². The van der Waals surface area contributed by atoms with Crippen molar-refractivity contribution in [3.8, 4) is 0 Å². The van der Waals surface area contributed by atoms with Crippen LogP contribution < -0.4 is 4.90 Å². The zero-order valence-electron chi connectivity index (χ0n) is 13.2. The van der Waals surface area contributed by atoms with Gasteiger partial charge in [0.1, 0.15) is 0 Å². The highest BCUT2D eigenvalue weighted by molar-refractivity contribution is 5.49. The van der Waals surface area contributed by atoms with Gasteiger partial charge in [-0.15, -0.1) is 0 Å². The molecule has 1 heterocycles. The average Bonchev–Trinajstić information content (AvgIpc) is 2.46. The molecule has 1 aliphatic rings. The SMILES string of the molecule is CC[C@@H](O)c1ccc(N2CC=C(C(C)(C)C)CC2)cc1. The van der Waals surface area contributed by atoms with Gasteiger partial charge in [-0.2, -0.15) is 0 Å². The lowest BCUT2D eigenvalue weighted by molar-refractivity contribution is 0.173. The molecule has 0 saturated heterocycles. The van der Waals surface area contributed by atoms with Crippen molar-refractivity contribution in [2.45, 2.75) is 46.6 Å². The first-order chi connectivity index (χ1) is 9.41. The average molecular weight is 273 g/mol. The number of hydrogen-bond donors (Lipinski definition) is 1. The van der Waals surface area contributed by atoms with Gasteiger partial charge in [-0.25, -0.2) is 0 Å². The van der Waals surface area contributed by atoms with E-state index in [1.807, 2.05) is 19.1 Å². The molecule has 2 nitrogen and oxygen atoms in total. The molecule has 0 spiro atoms. The summed E-state index contributed by atoms with van der Waals surface area (Å²) in [6.45, 7) is 10.9. The predicted molar refractivity (Wildman–Crippen MR) is 86.1 cm³/mol. The van der Waals surface area contributed by atoms with Crippen LogP contribution in [-0.4, -0.2) is 18.2 Å². The van der Waals surface area contributed by atoms with Crippen LogP contribution in [0.3, 0.4) is 0 Å². The number of aliphatic hydroxyl groups is 1. The van der Waals surface area contributed by atoms with Crippen molar-refractivity contribution in [2.75, 3.05) is 18.0 Å². The van der Waals surface area contributed by atoms with Crippen LogP contribution in [0.25, 0.3) is 0 Å². The molecule has 1 aromatic carbocycles. The first kappa shape index (κ1) is 15.1. The third kappa shape index (κ3) is 3.43. The van der Waals surface area contributed by atoms with Crippen molar-refractivity contribution in [3.05, 3.63) is 41.5 Å². The Kier molecular flexibility index (Phi) is 4.54. The van der Waals surface area contributed by atoms with Gasteiger partial charge in [-0.1, -0.05) is 51.5 Å². The monoisotopic (exact) mass is 273 g/mol. The van der Waals surface area contributed by atoms with Crippen molar-refractivity contribution >= 4 is 5.69 Å². The highest BCUT2D eigenvalue weighted by Crippen LogP contribution is 2.31. The molecule has 1 aromatic rings. The normalized spacial score (nSPS) is 17.9. The van der Waals surface area contributed by atoms with Crippen LogP contribution in [0, 0.1) is 5.41 Å². The summed E-state index contributed by atoms with van der Waals surface area (Å²) in [5.74, 6) is 0. The summed E-state index contributed by atoms with van der Waals surface area (Å²) < 4.78 is 0. The maximum Gasteiger partial charge on any atom is 0.0787 e. The van der Waals surface area contributed by atoms with Gasteiger partial charge in [0, 0.05) is 18.8 Å². The molecule has 1 atom stereocenters. The zero-order valence-corrected chi connectivity index (χ0v) is 13.2. The maximum absolute atomic E-state index is 9.83. The maximum atomic E-state index is 9.83. The summed E-state index contributed by atoms with van der Waals surface area (Å²) >= 11 is 0. The fourth-order valence-corrected chi connectivity index (χ4v) is 2.73.